The van der Waals surface area contributed by atoms with Crippen molar-refractivity contribution in [2.24, 2.45) is 5.92 Å². The number of benzene rings is 1. The van der Waals surface area contributed by atoms with Crippen LogP contribution in [-0.4, -0.2) is 63.1 Å². The summed E-state index contributed by atoms with van der Waals surface area (Å²) in [5.74, 6) is 7.91. The van der Waals surface area contributed by atoms with Gasteiger partial charge in [-0.3, -0.25) is 9.69 Å². The van der Waals surface area contributed by atoms with Crippen LogP contribution in [0.2, 0.25) is 0 Å². The Hall–Kier alpha value is -2.73. The zero-order valence-corrected chi connectivity index (χ0v) is 21.0. The molecule has 8 nitrogen and oxygen atoms in total. The molecule has 1 amide bonds. The number of aliphatic hydroxyl groups is 1. The van der Waals surface area contributed by atoms with E-state index in [-0.39, 0.29) is 18.6 Å². The van der Waals surface area contributed by atoms with Crippen LogP contribution in [0.4, 0.5) is 0 Å². The van der Waals surface area contributed by atoms with Crippen molar-refractivity contribution in [3.63, 3.8) is 0 Å². The summed E-state index contributed by atoms with van der Waals surface area (Å²) in [6.07, 6.45) is 1.60. The number of nitrogens with zero attached hydrogens (tertiary/aromatic N) is 4. The van der Waals surface area contributed by atoms with Gasteiger partial charge < -0.3 is 19.7 Å². The molecule has 3 rings (SSSR count). The number of aromatic nitrogens is 3. The fourth-order valence-electron chi connectivity index (χ4n) is 4.05. The lowest BCUT2D eigenvalue weighted by atomic mass is 10.0. The topological polar surface area (TPSA) is 92.5 Å². The molecule has 2 N–H and O–H groups in total. The highest BCUT2D eigenvalue weighted by atomic mass is 16.5. The van der Waals surface area contributed by atoms with E-state index in [9.17, 15) is 9.90 Å². The normalized spacial score (nSPS) is 15.3. The number of rotatable bonds is 8. The molecule has 0 unspecified atom stereocenters. The number of amides is 1. The Morgan fingerprint density at radius 3 is 2.59 bits per heavy atom. The fourth-order valence-corrected chi connectivity index (χ4v) is 4.05. The van der Waals surface area contributed by atoms with Crippen molar-refractivity contribution in [3.8, 4) is 11.8 Å². The highest BCUT2D eigenvalue weighted by molar-refractivity contribution is 5.77. The maximum atomic E-state index is 12.2. The molecule has 34 heavy (non-hydrogen) atoms. The molecule has 0 saturated heterocycles. The van der Waals surface area contributed by atoms with E-state index in [4.69, 9.17) is 4.74 Å². The van der Waals surface area contributed by atoms with E-state index in [1.165, 1.54) is 12.7 Å². The molecule has 184 valence electrons. The molecule has 0 aliphatic carbocycles. The van der Waals surface area contributed by atoms with Gasteiger partial charge in [-0.25, -0.2) is 0 Å². The number of carbonyl (C=O) groups excluding carboxylic acids is 1. The van der Waals surface area contributed by atoms with E-state index in [1.54, 1.807) is 13.8 Å². The first-order valence-corrected chi connectivity index (χ1v) is 11.9. The molecule has 2 heterocycles. The van der Waals surface area contributed by atoms with Crippen molar-refractivity contribution in [3.05, 3.63) is 47.0 Å². The maximum Gasteiger partial charge on any atom is 0.246 e. The summed E-state index contributed by atoms with van der Waals surface area (Å²) in [6, 6.07) is 7.99. The average molecular weight is 468 g/mol. The van der Waals surface area contributed by atoms with Crippen molar-refractivity contribution in [1.82, 2.24) is 25.0 Å². The summed E-state index contributed by atoms with van der Waals surface area (Å²) >= 11 is 0. The van der Waals surface area contributed by atoms with E-state index in [1.807, 2.05) is 12.1 Å². The van der Waals surface area contributed by atoms with Crippen molar-refractivity contribution in [1.29, 1.82) is 0 Å². The quantitative estimate of drug-likeness (QED) is 0.579. The van der Waals surface area contributed by atoms with Crippen molar-refractivity contribution in [2.45, 2.75) is 65.3 Å². The first-order chi connectivity index (χ1) is 16.1. The number of hydrogen-bond donors (Lipinski definition) is 2. The molecular formula is C26H37N5O3. The van der Waals surface area contributed by atoms with Gasteiger partial charge in [0.2, 0.25) is 5.91 Å². The molecular weight excluding hydrogens is 430 g/mol. The largest absolute Gasteiger partial charge is 0.378 e. The predicted molar refractivity (Wildman–Crippen MR) is 131 cm³/mol. The van der Waals surface area contributed by atoms with Gasteiger partial charge in [0.25, 0.3) is 0 Å². The van der Waals surface area contributed by atoms with Crippen LogP contribution >= 0.6 is 0 Å². The highest BCUT2D eigenvalue weighted by Crippen LogP contribution is 2.22. The Morgan fingerprint density at radius 1 is 1.21 bits per heavy atom. The van der Waals surface area contributed by atoms with Gasteiger partial charge >= 0.3 is 0 Å². The lowest BCUT2D eigenvalue weighted by Crippen LogP contribution is -2.34. The summed E-state index contributed by atoms with van der Waals surface area (Å²) in [4.78, 5) is 14.6. The second kappa shape index (κ2) is 11.6. The van der Waals surface area contributed by atoms with Crippen molar-refractivity contribution in [2.75, 3.05) is 26.8 Å². The van der Waals surface area contributed by atoms with Crippen LogP contribution in [0.5, 0.6) is 0 Å². The van der Waals surface area contributed by atoms with E-state index >= 15 is 0 Å². The molecule has 0 bridgehead atoms. The zero-order valence-electron chi connectivity index (χ0n) is 21.0. The number of fused-ring (bicyclic) bond motifs is 1. The molecule has 1 atom stereocenters. The third kappa shape index (κ3) is 7.66. The Labute approximate surface area is 202 Å². The second-order valence-electron chi connectivity index (χ2n) is 9.84. The Kier molecular flexibility index (Phi) is 8.84. The molecule has 1 aliphatic rings. The van der Waals surface area contributed by atoms with E-state index in [0.29, 0.717) is 5.92 Å². The van der Waals surface area contributed by atoms with Crippen LogP contribution in [0, 0.1) is 17.8 Å². The molecule has 2 aromatic rings. The summed E-state index contributed by atoms with van der Waals surface area (Å²) in [7, 11) is 1.52. The molecule has 8 heteroatoms. The summed E-state index contributed by atoms with van der Waals surface area (Å²) in [5.41, 5.74) is 1.12. The smallest absolute Gasteiger partial charge is 0.246 e. The number of carbonyl (C=O) groups is 1. The van der Waals surface area contributed by atoms with Crippen molar-refractivity contribution < 1.29 is 14.6 Å². The summed E-state index contributed by atoms with van der Waals surface area (Å²) in [6.45, 7) is 11.1. The van der Waals surface area contributed by atoms with E-state index in [2.05, 4.69) is 62.8 Å². The Balaban J connectivity index is 1.66. The predicted octanol–water partition coefficient (Wildman–Crippen LogP) is 2.31. The second-order valence-corrected chi connectivity index (χ2v) is 9.84. The van der Waals surface area contributed by atoms with Crippen LogP contribution in [0.25, 0.3) is 0 Å². The molecule has 0 radical (unpaired) electrons. The van der Waals surface area contributed by atoms with Crippen LogP contribution in [0.15, 0.2) is 24.3 Å². The highest BCUT2D eigenvalue weighted by Gasteiger charge is 2.26. The summed E-state index contributed by atoms with van der Waals surface area (Å²) < 4.78 is 7.16. The Morgan fingerprint density at radius 2 is 1.94 bits per heavy atom. The van der Waals surface area contributed by atoms with Gasteiger partial charge in [0.1, 0.15) is 18.0 Å². The van der Waals surface area contributed by atoms with Gasteiger partial charge in [-0.1, -0.05) is 37.8 Å². The number of ether oxygens (including phenoxy) is 1. The number of hydrogen-bond acceptors (Lipinski definition) is 6. The molecule has 0 spiro atoms. The van der Waals surface area contributed by atoms with Crippen LogP contribution in [0.3, 0.4) is 0 Å². The Bertz CT molecular complexity index is 1010. The fraction of sp³-hybridized carbons (Fsp3) is 0.577. The maximum absolute atomic E-state index is 12.2. The molecule has 0 saturated carbocycles. The summed E-state index contributed by atoms with van der Waals surface area (Å²) in [5, 5.41) is 21.8. The standard InChI is InChI=1S/C26H37N5O3/c1-19(2)16-22(27-24(32)18-34-5)25-29-28-23-11-13-30(14-15-31(23)25)17-21-8-6-20(7-9-21)10-12-26(3,4)33/h6-9,19,22,33H,11,13-18H2,1-5H3,(H,27,32)/t22-/m1/s1. The molecule has 1 aromatic carbocycles. The van der Waals surface area contributed by atoms with Crippen LogP contribution in [0.1, 0.15) is 62.9 Å². The lowest BCUT2D eigenvalue weighted by molar-refractivity contribution is -0.125. The van der Waals surface area contributed by atoms with Gasteiger partial charge in [0.15, 0.2) is 5.82 Å². The monoisotopic (exact) mass is 467 g/mol. The van der Waals surface area contributed by atoms with Crippen LogP contribution < -0.4 is 5.32 Å². The molecule has 1 aliphatic heterocycles. The van der Waals surface area contributed by atoms with Crippen molar-refractivity contribution >= 4 is 5.91 Å². The SMILES string of the molecule is COCC(=O)N[C@H](CC(C)C)c1nnc2n1CCN(Cc1ccc(C#CC(C)(C)O)cc1)CC2. The van der Waals surface area contributed by atoms with Gasteiger partial charge in [-0.15, -0.1) is 10.2 Å². The van der Waals surface area contributed by atoms with E-state index in [0.717, 1.165) is 56.2 Å². The first kappa shape index (κ1) is 25.9. The minimum Gasteiger partial charge on any atom is -0.378 e. The molecule has 1 aromatic heterocycles. The van der Waals surface area contributed by atoms with E-state index < -0.39 is 5.60 Å². The van der Waals surface area contributed by atoms with Gasteiger partial charge in [0, 0.05) is 45.3 Å². The third-order valence-corrected chi connectivity index (χ3v) is 5.65. The minimum atomic E-state index is -0.996. The van der Waals surface area contributed by atoms with Gasteiger partial charge in [-0.05, 0) is 43.9 Å². The molecule has 0 fully saturated rings. The number of methoxy groups -OCH3 is 1. The zero-order chi connectivity index (χ0) is 24.7. The van der Waals surface area contributed by atoms with Gasteiger partial charge in [-0.2, -0.15) is 0 Å². The lowest BCUT2D eigenvalue weighted by Gasteiger charge is -2.22. The van der Waals surface area contributed by atoms with Crippen LogP contribution in [-0.2, 0) is 29.0 Å². The first-order valence-electron chi connectivity index (χ1n) is 11.9. The number of nitrogens with one attached hydrogen (secondary N) is 1. The third-order valence-electron chi connectivity index (χ3n) is 5.65. The average Bonchev–Trinajstić information content (AvgIpc) is 3.06. The minimum absolute atomic E-state index is 0.0332. The van der Waals surface area contributed by atoms with Gasteiger partial charge in [0.05, 0.1) is 6.04 Å².